The molecular formula is C14H17FN2OS. The monoisotopic (exact) mass is 280 g/mol. The maximum atomic E-state index is 13.5. The summed E-state index contributed by atoms with van der Waals surface area (Å²) in [7, 11) is 0. The first-order chi connectivity index (χ1) is 9.10. The molecule has 0 aliphatic carbocycles. The predicted molar refractivity (Wildman–Crippen MR) is 75.5 cm³/mol. The molecule has 5 heteroatoms. The normalized spacial score (nSPS) is 26.6. The Morgan fingerprint density at radius 1 is 1.32 bits per heavy atom. The van der Waals surface area contributed by atoms with Crippen LogP contribution in [0.4, 0.5) is 4.39 Å². The van der Waals surface area contributed by atoms with E-state index in [4.69, 9.17) is 22.7 Å². The number of thiocarbonyl (C=S) groups is 1. The Morgan fingerprint density at radius 2 is 2.00 bits per heavy atom. The third-order valence-electron chi connectivity index (χ3n) is 3.77. The number of rotatable bonds is 3. The van der Waals surface area contributed by atoms with Gasteiger partial charge in [0.15, 0.2) is 0 Å². The van der Waals surface area contributed by atoms with Gasteiger partial charge < -0.3 is 10.5 Å². The van der Waals surface area contributed by atoms with Gasteiger partial charge in [-0.25, -0.2) is 4.39 Å². The average Bonchev–Trinajstić information content (AvgIpc) is 2.68. The molecule has 102 valence electrons. The van der Waals surface area contributed by atoms with Gasteiger partial charge in [-0.2, -0.15) is 0 Å². The average molecular weight is 280 g/mol. The third kappa shape index (κ3) is 2.94. The molecule has 1 aromatic rings. The Labute approximate surface area is 117 Å². The van der Waals surface area contributed by atoms with Crippen LogP contribution in [0.2, 0.25) is 0 Å². The first-order valence-corrected chi connectivity index (χ1v) is 6.98. The van der Waals surface area contributed by atoms with Crippen LogP contribution in [0.15, 0.2) is 18.2 Å². The van der Waals surface area contributed by atoms with Crippen molar-refractivity contribution in [2.45, 2.75) is 31.6 Å². The SMILES string of the molecule is NC(=S)c1cc(F)cc(CN2CC3CCC(C2)O3)c1. The summed E-state index contributed by atoms with van der Waals surface area (Å²) in [4.78, 5) is 2.56. The molecule has 2 aliphatic rings. The lowest BCUT2D eigenvalue weighted by Gasteiger charge is -2.32. The molecule has 0 radical (unpaired) electrons. The number of halogens is 1. The fraction of sp³-hybridized carbons (Fsp3) is 0.500. The van der Waals surface area contributed by atoms with Crippen LogP contribution in [0.1, 0.15) is 24.0 Å². The molecule has 2 heterocycles. The third-order valence-corrected chi connectivity index (χ3v) is 4.00. The molecule has 0 aromatic heterocycles. The van der Waals surface area contributed by atoms with E-state index in [1.807, 2.05) is 6.07 Å². The minimum Gasteiger partial charge on any atom is -0.389 e. The summed E-state index contributed by atoms with van der Waals surface area (Å²) in [5, 5.41) is 0. The molecule has 2 unspecified atom stereocenters. The number of ether oxygens (including phenoxy) is 1. The maximum Gasteiger partial charge on any atom is 0.124 e. The molecule has 2 N–H and O–H groups in total. The van der Waals surface area contributed by atoms with Gasteiger partial charge in [0.2, 0.25) is 0 Å². The van der Waals surface area contributed by atoms with E-state index in [1.165, 1.54) is 6.07 Å². The van der Waals surface area contributed by atoms with Gasteiger partial charge in [0, 0.05) is 25.2 Å². The number of nitrogens with zero attached hydrogens (tertiary/aromatic N) is 1. The largest absolute Gasteiger partial charge is 0.389 e. The smallest absolute Gasteiger partial charge is 0.124 e. The highest BCUT2D eigenvalue weighted by molar-refractivity contribution is 7.80. The van der Waals surface area contributed by atoms with Crippen LogP contribution >= 0.6 is 12.2 Å². The van der Waals surface area contributed by atoms with E-state index in [-0.39, 0.29) is 10.8 Å². The number of hydrogen-bond acceptors (Lipinski definition) is 3. The molecule has 0 amide bonds. The van der Waals surface area contributed by atoms with Crippen molar-refractivity contribution in [3.8, 4) is 0 Å². The molecule has 3 rings (SSSR count). The maximum absolute atomic E-state index is 13.5. The zero-order valence-corrected chi connectivity index (χ0v) is 11.5. The van der Waals surface area contributed by atoms with Gasteiger partial charge in [-0.05, 0) is 36.6 Å². The highest BCUT2D eigenvalue weighted by Crippen LogP contribution is 2.27. The highest BCUT2D eigenvalue weighted by Gasteiger charge is 2.33. The summed E-state index contributed by atoms with van der Waals surface area (Å²) in [5.41, 5.74) is 7.09. The summed E-state index contributed by atoms with van der Waals surface area (Å²) in [6.45, 7) is 2.58. The minimum absolute atomic E-state index is 0.239. The van der Waals surface area contributed by atoms with Gasteiger partial charge in [-0.15, -0.1) is 0 Å². The fourth-order valence-corrected chi connectivity index (χ4v) is 3.09. The fourth-order valence-electron chi connectivity index (χ4n) is 2.97. The van der Waals surface area contributed by atoms with Crippen LogP contribution in [-0.4, -0.2) is 35.2 Å². The molecular weight excluding hydrogens is 263 g/mol. The summed E-state index contributed by atoms with van der Waals surface area (Å²) in [6.07, 6.45) is 2.98. The van der Waals surface area contributed by atoms with E-state index >= 15 is 0 Å². The summed E-state index contributed by atoms with van der Waals surface area (Å²) >= 11 is 4.91. The molecule has 2 fully saturated rings. The van der Waals surface area contributed by atoms with Gasteiger partial charge in [0.25, 0.3) is 0 Å². The van der Waals surface area contributed by atoms with Gasteiger partial charge in [0.05, 0.1) is 12.2 Å². The number of morpholine rings is 1. The van der Waals surface area contributed by atoms with Crippen LogP contribution in [-0.2, 0) is 11.3 Å². The Balaban J connectivity index is 1.74. The molecule has 2 atom stereocenters. The number of fused-ring (bicyclic) bond motifs is 2. The van der Waals surface area contributed by atoms with Gasteiger partial charge in [-0.3, -0.25) is 4.90 Å². The summed E-state index contributed by atoms with van der Waals surface area (Å²) < 4.78 is 19.3. The predicted octanol–water partition coefficient (Wildman–Crippen LogP) is 1.82. The van der Waals surface area contributed by atoms with Gasteiger partial charge >= 0.3 is 0 Å². The summed E-state index contributed by atoms with van der Waals surface area (Å²) in [6, 6.07) is 4.82. The molecule has 2 saturated heterocycles. The van der Waals surface area contributed by atoms with Gasteiger partial charge in [0.1, 0.15) is 10.8 Å². The van der Waals surface area contributed by atoms with Crippen molar-refractivity contribution in [3.63, 3.8) is 0 Å². The topological polar surface area (TPSA) is 38.5 Å². The molecule has 2 bridgehead atoms. The molecule has 1 aromatic carbocycles. The van der Waals surface area contributed by atoms with E-state index in [0.29, 0.717) is 17.8 Å². The second-order valence-corrected chi connectivity index (χ2v) is 5.80. The van der Waals surface area contributed by atoms with Crippen LogP contribution in [0.25, 0.3) is 0 Å². The van der Waals surface area contributed by atoms with Crippen LogP contribution in [0, 0.1) is 5.82 Å². The molecule has 2 aliphatic heterocycles. The zero-order chi connectivity index (χ0) is 13.4. The van der Waals surface area contributed by atoms with E-state index < -0.39 is 0 Å². The molecule has 3 nitrogen and oxygen atoms in total. The Morgan fingerprint density at radius 3 is 2.63 bits per heavy atom. The van der Waals surface area contributed by atoms with E-state index in [0.717, 1.165) is 38.0 Å². The minimum atomic E-state index is -0.281. The lowest BCUT2D eigenvalue weighted by Crippen LogP contribution is -2.42. The molecule has 0 spiro atoms. The number of likely N-dealkylation sites (tertiary alicyclic amines) is 1. The van der Waals surface area contributed by atoms with Crippen molar-refractivity contribution in [1.29, 1.82) is 0 Å². The standard InChI is InChI=1S/C14H17FN2OS/c15-11-4-9(3-10(5-11)14(16)19)6-17-7-12-1-2-13(8-17)18-12/h3-5,12-13H,1-2,6-8H2,(H2,16,19). The Hall–Kier alpha value is -1.04. The zero-order valence-electron chi connectivity index (χ0n) is 10.6. The van der Waals surface area contributed by atoms with E-state index in [2.05, 4.69) is 4.90 Å². The van der Waals surface area contributed by atoms with Crippen molar-refractivity contribution in [2.75, 3.05) is 13.1 Å². The molecule has 0 saturated carbocycles. The number of hydrogen-bond donors (Lipinski definition) is 1. The van der Waals surface area contributed by atoms with Crippen molar-refractivity contribution in [2.24, 2.45) is 5.73 Å². The quantitative estimate of drug-likeness (QED) is 0.857. The van der Waals surface area contributed by atoms with Crippen molar-refractivity contribution in [3.05, 3.63) is 35.1 Å². The highest BCUT2D eigenvalue weighted by atomic mass is 32.1. The van der Waals surface area contributed by atoms with E-state index in [1.54, 1.807) is 6.07 Å². The van der Waals surface area contributed by atoms with E-state index in [9.17, 15) is 4.39 Å². The Kier molecular flexibility index (Phi) is 3.52. The lowest BCUT2D eigenvalue weighted by molar-refractivity contribution is -0.0410. The van der Waals surface area contributed by atoms with Crippen molar-refractivity contribution in [1.82, 2.24) is 4.90 Å². The van der Waals surface area contributed by atoms with Gasteiger partial charge in [-0.1, -0.05) is 12.2 Å². The van der Waals surface area contributed by atoms with Crippen LogP contribution < -0.4 is 5.73 Å². The first-order valence-electron chi connectivity index (χ1n) is 6.57. The lowest BCUT2D eigenvalue weighted by atomic mass is 10.1. The van der Waals surface area contributed by atoms with Crippen molar-refractivity contribution < 1.29 is 9.13 Å². The second-order valence-electron chi connectivity index (χ2n) is 5.36. The first kappa shape index (κ1) is 13.0. The van der Waals surface area contributed by atoms with Crippen molar-refractivity contribution >= 4 is 17.2 Å². The summed E-state index contributed by atoms with van der Waals surface area (Å²) in [5.74, 6) is -0.281. The van der Waals surface area contributed by atoms with Crippen LogP contribution in [0.5, 0.6) is 0 Å². The Bertz CT molecular complexity index is 496. The number of benzene rings is 1. The van der Waals surface area contributed by atoms with Crippen LogP contribution in [0.3, 0.4) is 0 Å². The number of nitrogens with two attached hydrogens (primary N) is 1. The second kappa shape index (κ2) is 5.15. The molecule has 19 heavy (non-hydrogen) atoms.